The summed E-state index contributed by atoms with van der Waals surface area (Å²) in [5.74, 6) is -17.3. The van der Waals surface area contributed by atoms with Gasteiger partial charge >= 0.3 is 5.97 Å². The lowest BCUT2D eigenvalue weighted by atomic mass is 9.73. The number of carbonyl (C=O) groups is 8. The quantitative estimate of drug-likeness (QED) is 0.0384. The second kappa shape index (κ2) is 41.6. The highest BCUT2D eigenvalue weighted by Crippen LogP contribution is 2.51. The number of amides is 7. The fourth-order valence-corrected chi connectivity index (χ4v) is 17.5. The van der Waals surface area contributed by atoms with Crippen molar-refractivity contribution in [3.05, 3.63) is 175 Å². The van der Waals surface area contributed by atoms with Crippen LogP contribution in [-0.2, 0) is 70.4 Å². The third-order valence-corrected chi connectivity index (χ3v) is 24.9. The van der Waals surface area contributed by atoms with E-state index in [0.29, 0.717) is 5.02 Å². The number of ether oxygens (including phenoxy) is 7. The molecule has 704 valence electrons. The molecule has 131 heavy (non-hydrogen) atoms. The first-order valence-corrected chi connectivity index (χ1v) is 43.2. The minimum absolute atomic E-state index is 0.0236. The number of nitrogens with one attached hydrogen (secondary N) is 9. The lowest BCUT2D eigenvalue weighted by Gasteiger charge is -2.48. The van der Waals surface area contributed by atoms with Gasteiger partial charge in [-0.05, 0) is 151 Å². The second-order valence-electron chi connectivity index (χ2n) is 33.8. The molecule has 23 atom stereocenters. The van der Waals surface area contributed by atoms with Crippen LogP contribution in [-0.4, -0.2) is 256 Å². The molecule has 0 aromatic heterocycles. The molecular formula is C89H103Cl3N10O29. The van der Waals surface area contributed by atoms with E-state index in [-0.39, 0.29) is 66.8 Å². The largest absolute Gasteiger partial charge is 0.507 e. The number of hydrogen-bond donors (Lipinski definition) is 24. The summed E-state index contributed by atoms with van der Waals surface area (Å²) in [5.41, 5.74) is 3.56. The van der Waals surface area contributed by atoms with Crippen molar-refractivity contribution in [2.24, 2.45) is 17.6 Å². The van der Waals surface area contributed by atoms with E-state index in [1.807, 2.05) is 50.2 Å². The fourth-order valence-electron chi connectivity index (χ4n) is 16.9. The number of halogens is 3. The number of carbonyl (C=O) groups excluding carboxylic acids is 7. The molecule has 42 heteroatoms. The molecule has 1 aliphatic carbocycles. The highest BCUT2D eigenvalue weighted by Gasteiger charge is 2.53. The number of likely N-dealkylation sites (N-methyl/N-ethyl adjacent to an activating group) is 1. The Morgan fingerprint density at radius 2 is 1.21 bits per heavy atom. The molecule has 25 N–H and O–H groups in total. The molecule has 7 heterocycles. The van der Waals surface area contributed by atoms with Crippen molar-refractivity contribution in [1.29, 1.82) is 0 Å². The Balaban J connectivity index is 0.962. The zero-order valence-electron chi connectivity index (χ0n) is 71.0. The van der Waals surface area contributed by atoms with Gasteiger partial charge in [0.1, 0.15) is 120 Å². The van der Waals surface area contributed by atoms with Crippen molar-refractivity contribution in [2.45, 2.75) is 200 Å². The molecule has 0 radical (unpaired) electrons. The highest BCUT2D eigenvalue weighted by molar-refractivity contribution is 6.32. The second-order valence-corrected chi connectivity index (χ2v) is 35.0. The molecule has 7 aliphatic heterocycles. The first-order chi connectivity index (χ1) is 62.3. The lowest BCUT2D eigenvalue weighted by molar-refractivity contribution is -0.300. The third kappa shape index (κ3) is 21.7. The minimum Gasteiger partial charge on any atom is -0.507 e. The summed E-state index contributed by atoms with van der Waals surface area (Å²) in [6.45, 7) is 4.51. The van der Waals surface area contributed by atoms with Crippen LogP contribution in [0.3, 0.4) is 0 Å². The molecule has 2 saturated heterocycles. The maximum atomic E-state index is 16.5. The summed E-state index contributed by atoms with van der Waals surface area (Å²) >= 11 is 20.6. The standard InChI is InChI=1S/C89H103Cl3N10O29/c1-36(2)22-52(94-5)80(117)101-67-69(108)42-13-18-56(50(91)25-42)127-58-27-44-28-59(77(58)131-88-78(75(114)73(112)61(35-104)130-88)126-46-23-37(3)79(116)89(4,31-46)96-32-38-6-8-39(9-7-38)40-10-15-45(90)16-11-40)128-57-19-14-43(26-51(57)92)70(109)68-85(122)100-66(86(123)124)48-29-55(106)49(33-95-20-21-125-87-76(115)74(113)72(111)60(34-103)129-87)71(110)63(48)47-24-41(12-17-54(47)105)64(82(119)102-68)99-83(120)65(44)98-81(118)53(30-62(93)107)97-84(67)121/h6-19,24-29,36-37,46,52-53,60-61,64-70,72-76,78-79,87-88,94-96,103-106,108-116H,20-23,30-35H2,1-5H3,(H2,93,107)(H,97,121)(H,98,118)(H,99,120)(H,100,122)(H,101,117)(H,102,119)(H,123,124)/t37-,46-,52-,53?,60?,61-,64-,65-,66+,67-,68+,69-,70-,72-,73?,74+,75?,76?,78-,79-,87-,88?,89?/m1/s1. The van der Waals surface area contributed by atoms with Crippen LogP contribution in [0.2, 0.25) is 15.1 Å². The molecule has 7 unspecified atom stereocenters. The number of aliphatic hydroxyl groups is 10. The number of primary amides is 1. The number of nitrogens with two attached hydrogens (primary N) is 1. The van der Waals surface area contributed by atoms with Gasteiger partial charge in [-0.1, -0.05) is 110 Å². The van der Waals surface area contributed by atoms with Crippen molar-refractivity contribution in [1.82, 2.24) is 47.9 Å². The van der Waals surface area contributed by atoms with Gasteiger partial charge in [0.25, 0.3) is 0 Å². The molecule has 7 aromatic carbocycles. The number of aromatic hydroxyl groups is 3. The molecule has 1 saturated carbocycles. The van der Waals surface area contributed by atoms with Crippen LogP contribution in [0, 0.1) is 11.8 Å². The van der Waals surface area contributed by atoms with Crippen LogP contribution < -0.4 is 67.8 Å². The molecule has 11 bridgehead atoms. The zero-order chi connectivity index (χ0) is 94.6. The number of aliphatic carboxylic acids is 1. The Labute approximate surface area is 763 Å². The monoisotopic (exact) mass is 1880 g/mol. The van der Waals surface area contributed by atoms with E-state index in [9.17, 15) is 85.9 Å². The predicted octanol–water partition coefficient (Wildman–Crippen LogP) is 1.83. The smallest absolute Gasteiger partial charge is 0.330 e. The van der Waals surface area contributed by atoms with Crippen molar-refractivity contribution in [3.63, 3.8) is 0 Å². The number of aliphatic hydroxyl groups excluding tert-OH is 10. The fraction of sp³-hybridized carbons (Fsp3) is 0.438. The van der Waals surface area contributed by atoms with E-state index in [4.69, 9.17) is 73.7 Å². The summed E-state index contributed by atoms with van der Waals surface area (Å²) in [4.78, 5) is 120. The number of carboxylic acids is 1. The van der Waals surface area contributed by atoms with E-state index < -0.39 is 292 Å². The average Bonchev–Trinajstić information content (AvgIpc) is 0.760. The number of phenolic OH excluding ortho intramolecular Hbond substituents is 3. The SMILES string of the molecule is CN[C@H](CC(C)C)C(=O)N[C@H]1C(=O)NC(CC(N)=O)C(=O)N[C@H]2C(=O)N[C@H]3C(=O)N[C@H](C(=O)N[C@H](C(=O)O)c4cc(O)c(CNCCO[C@@H]5OC(CO)[C@@H](O)[C@H](O)C5O)c(O)c4-c4cc3ccc4O)[C@H](O)c3ccc(c(Cl)c3)Oc3cc2cc(c3OC2O[C@H](CO)C(O)C(O)[C@H]2O[C@@H]2C[C@@H](C)[C@@H](O)C(C)(NCc3ccc(-c4ccc(Cl)cc4)cc3)C2)Oc2ccc(cc2Cl)[C@H]1O. The van der Waals surface area contributed by atoms with Crippen molar-refractivity contribution in [2.75, 3.05) is 33.4 Å². The molecule has 15 rings (SSSR count). The highest BCUT2D eigenvalue weighted by atomic mass is 35.5. The van der Waals surface area contributed by atoms with Gasteiger partial charge in [-0.15, -0.1) is 0 Å². The molecule has 8 aliphatic rings. The lowest BCUT2D eigenvalue weighted by Crippen LogP contribution is -2.64. The summed E-state index contributed by atoms with van der Waals surface area (Å²) in [7, 11) is 1.47. The maximum Gasteiger partial charge on any atom is 0.330 e. The van der Waals surface area contributed by atoms with Gasteiger partial charge in [0.15, 0.2) is 23.8 Å². The first kappa shape index (κ1) is 97.8. The average molecular weight is 1880 g/mol. The van der Waals surface area contributed by atoms with Gasteiger partial charge in [-0.25, -0.2) is 4.79 Å². The predicted molar refractivity (Wildman–Crippen MR) is 463 cm³/mol. The summed E-state index contributed by atoms with van der Waals surface area (Å²) in [6.07, 6.45) is -24.9. The molecular weight excluding hydrogens is 1780 g/mol. The molecule has 3 fully saturated rings. The van der Waals surface area contributed by atoms with E-state index in [1.54, 1.807) is 26.0 Å². The topological polar surface area (TPSA) is 619 Å². The van der Waals surface area contributed by atoms with Crippen LogP contribution in [0.1, 0.15) is 123 Å². The third-order valence-electron chi connectivity index (χ3n) is 24.0. The minimum atomic E-state index is -2.42. The summed E-state index contributed by atoms with van der Waals surface area (Å²) < 4.78 is 44.7. The molecule has 7 aromatic rings. The van der Waals surface area contributed by atoms with Crippen LogP contribution in [0.4, 0.5) is 0 Å². The Kier molecular flexibility index (Phi) is 31.1. The Morgan fingerprint density at radius 3 is 1.82 bits per heavy atom. The van der Waals surface area contributed by atoms with Crippen molar-refractivity contribution < 1.29 is 143 Å². The van der Waals surface area contributed by atoms with E-state index in [2.05, 4.69) is 47.9 Å². The number of hydrogen-bond acceptors (Lipinski definition) is 31. The van der Waals surface area contributed by atoms with E-state index >= 15 is 24.0 Å². The Hall–Kier alpha value is -10.7. The van der Waals surface area contributed by atoms with Crippen LogP contribution in [0.5, 0.6) is 46.0 Å². The molecule has 0 spiro atoms. The number of phenols is 3. The van der Waals surface area contributed by atoms with Gasteiger partial charge in [0.2, 0.25) is 53.4 Å². The van der Waals surface area contributed by atoms with E-state index in [0.717, 1.165) is 77.4 Å². The first-order valence-electron chi connectivity index (χ1n) is 42.0. The zero-order valence-corrected chi connectivity index (χ0v) is 73.3. The van der Waals surface area contributed by atoms with Gasteiger partial charge in [-0.2, -0.15) is 0 Å². The van der Waals surface area contributed by atoms with Gasteiger partial charge in [0, 0.05) is 46.9 Å². The number of carboxylic acid groups (broad SMARTS) is 1. The van der Waals surface area contributed by atoms with Crippen LogP contribution in [0.15, 0.2) is 121 Å². The molecule has 7 amide bonds. The number of rotatable bonds is 24. The van der Waals surface area contributed by atoms with Crippen molar-refractivity contribution in [3.8, 4) is 68.2 Å². The maximum absolute atomic E-state index is 16.5. The Bertz CT molecular complexity index is 5400. The molecule has 39 nitrogen and oxygen atoms in total. The van der Waals surface area contributed by atoms with Crippen LogP contribution in [0.25, 0.3) is 22.3 Å². The number of benzene rings is 7. The Morgan fingerprint density at radius 1 is 0.626 bits per heavy atom. The van der Waals surface area contributed by atoms with Gasteiger partial charge < -0.3 is 158 Å². The van der Waals surface area contributed by atoms with E-state index in [1.165, 1.54) is 19.2 Å². The van der Waals surface area contributed by atoms with Crippen LogP contribution >= 0.6 is 34.8 Å². The summed E-state index contributed by atoms with van der Waals surface area (Å²) in [6, 6.07) is 12.9. The van der Waals surface area contributed by atoms with Crippen molar-refractivity contribution >= 4 is 82.1 Å². The summed E-state index contributed by atoms with van der Waals surface area (Å²) in [5, 5.41) is 185. The van der Waals surface area contributed by atoms with Gasteiger partial charge in [-0.3, -0.25) is 33.6 Å². The normalized spacial score (nSPS) is 28.9. The van der Waals surface area contributed by atoms with Gasteiger partial charge in [0.05, 0.1) is 60.1 Å². The number of fused-ring (bicyclic) bond motifs is 15.